The first kappa shape index (κ1) is 18.9. The van der Waals surface area contributed by atoms with Crippen LogP contribution in [0.5, 0.6) is 5.75 Å². The molecule has 7 heteroatoms. The van der Waals surface area contributed by atoms with Gasteiger partial charge in [0.05, 0.1) is 7.05 Å². The molecule has 0 saturated heterocycles. The van der Waals surface area contributed by atoms with E-state index in [9.17, 15) is 0 Å². The first-order chi connectivity index (χ1) is 11.8. The molecule has 25 heavy (non-hydrogen) atoms. The molecule has 2 aromatic rings. The van der Waals surface area contributed by atoms with Gasteiger partial charge in [-0.3, -0.25) is 0 Å². The Hall–Kier alpha value is -2.41. The number of aryl methyl sites for hydroxylation is 2. The van der Waals surface area contributed by atoms with Crippen molar-refractivity contribution in [1.82, 2.24) is 15.0 Å². The lowest BCUT2D eigenvalue weighted by Gasteiger charge is -2.21. The molecule has 1 aromatic heterocycles. The summed E-state index contributed by atoms with van der Waals surface area (Å²) in [6.07, 6.45) is 0. The van der Waals surface area contributed by atoms with E-state index in [1.807, 2.05) is 19.0 Å². The maximum absolute atomic E-state index is 5.90. The van der Waals surface area contributed by atoms with Crippen LogP contribution in [-0.2, 0) is 0 Å². The largest absolute Gasteiger partial charge is 0.488 e. The zero-order valence-corrected chi connectivity index (χ0v) is 16.0. The van der Waals surface area contributed by atoms with Gasteiger partial charge in [-0.25, -0.2) is 0 Å². The molecule has 0 spiro atoms. The minimum Gasteiger partial charge on any atom is -0.488 e. The Morgan fingerprint density at radius 3 is 2.36 bits per heavy atom. The molecule has 3 N–H and O–H groups in total. The van der Waals surface area contributed by atoms with Gasteiger partial charge in [0, 0.05) is 14.1 Å². The van der Waals surface area contributed by atoms with E-state index >= 15 is 0 Å². The molecule has 1 aromatic carbocycles. The number of likely N-dealkylation sites (N-methyl/N-ethyl adjacent to an activating group) is 1. The Kier molecular flexibility index (Phi) is 6.14. The number of nitrogens with zero attached hydrogens (tertiary/aromatic N) is 4. The van der Waals surface area contributed by atoms with Crippen LogP contribution in [0.1, 0.15) is 29.9 Å². The number of nitrogens with one attached hydrogen (secondary N) is 1. The van der Waals surface area contributed by atoms with Crippen LogP contribution in [0.2, 0.25) is 0 Å². The summed E-state index contributed by atoms with van der Waals surface area (Å²) in [6.45, 7) is 7.69. The van der Waals surface area contributed by atoms with Crippen LogP contribution in [-0.4, -0.2) is 49.2 Å². The van der Waals surface area contributed by atoms with Crippen molar-refractivity contribution in [2.24, 2.45) is 0 Å². The number of aromatic nitrogens is 3. The van der Waals surface area contributed by atoms with Crippen LogP contribution in [0.25, 0.3) is 0 Å². The fourth-order valence-corrected chi connectivity index (χ4v) is 2.57. The number of nitrogen functional groups attached to an aromatic ring is 1. The Morgan fingerprint density at radius 2 is 1.76 bits per heavy atom. The number of ether oxygens (including phenoxy) is 1. The molecule has 1 unspecified atom stereocenters. The second-order valence-corrected chi connectivity index (χ2v) is 6.74. The summed E-state index contributed by atoms with van der Waals surface area (Å²) in [5, 5.41) is 0. The van der Waals surface area contributed by atoms with Crippen LogP contribution in [0, 0.1) is 13.8 Å². The lowest BCUT2D eigenvalue weighted by molar-refractivity contribution is -0.910. The Bertz CT molecular complexity index is 698. The van der Waals surface area contributed by atoms with Crippen molar-refractivity contribution in [3.63, 3.8) is 0 Å². The van der Waals surface area contributed by atoms with Crippen LogP contribution >= 0.6 is 0 Å². The molecule has 0 amide bonds. The smallest absolute Gasteiger partial charge is 0.230 e. The molecule has 0 aliphatic carbocycles. The second kappa shape index (κ2) is 8.11. The predicted octanol–water partition coefficient (Wildman–Crippen LogP) is 0.791. The molecule has 0 radical (unpaired) electrons. The summed E-state index contributed by atoms with van der Waals surface area (Å²) < 4.78 is 5.90. The van der Waals surface area contributed by atoms with Crippen LogP contribution in [0.15, 0.2) is 18.2 Å². The van der Waals surface area contributed by atoms with Gasteiger partial charge < -0.3 is 20.3 Å². The molecular formula is C18H29N6O+. The highest BCUT2D eigenvalue weighted by Gasteiger charge is 2.20. The molecule has 2 atom stereocenters. The third-order valence-corrected chi connectivity index (χ3v) is 4.15. The molecule has 2 rings (SSSR count). The summed E-state index contributed by atoms with van der Waals surface area (Å²) in [4.78, 5) is 16.0. The predicted molar refractivity (Wildman–Crippen MR) is 100 cm³/mol. The molecule has 0 saturated carbocycles. The highest BCUT2D eigenvalue weighted by Crippen LogP contribution is 2.16. The molecule has 0 aliphatic rings. The third-order valence-electron chi connectivity index (χ3n) is 4.15. The lowest BCUT2D eigenvalue weighted by Crippen LogP contribution is -3.09. The SMILES string of the molecule is Cc1cc(C)cc(OCC[NH+](C)[C@H](C)c2nc(N)nc(N(C)C)n2)c1. The molecule has 0 fully saturated rings. The van der Waals surface area contributed by atoms with Crippen molar-refractivity contribution in [3.05, 3.63) is 35.2 Å². The van der Waals surface area contributed by atoms with Gasteiger partial charge in [0.25, 0.3) is 0 Å². The molecule has 0 aliphatic heterocycles. The maximum Gasteiger partial charge on any atom is 0.230 e. The molecule has 7 nitrogen and oxygen atoms in total. The lowest BCUT2D eigenvalue weighted by atomic mass is 10.1. The summed E-state index contributed by atoms with van der Waals surface area (Å²) in [5.74, 6) is 2.44. The Labute approximate surface area is 149 Å². The number of anilines is 2. The van der Waals surface area contributed by atoms with Gasteiger partial charge in [-0.2, -0.15) is 15.0 Å². The fourth-order valence-electron chi connectivity index (χ4n) is 2.57. The average molecular weight is 345 g/mol. The fraction of sp³-hybridized carbons (Fsp3) is 0.500. The van der Waals surface area contributed by atoms with Gasteiger partial charge in [-0.15, -0.1) is 0 Å². The normalized spacial score (nSPS) is 13.4. The van der Waals surface area contributed by atoms with Crippen LogP contribution in [0.3, 0.4) is 0 Å². The monoisotopic (exact) mass is 345 g/mol. The van der Waals surface area contributed by atoms with E-state index in [1.54, 1.807) is 0 Å². The van der Waals surface area contributed by atoms with Crippen molar-refractivity contribution in [2.45, 2.75) is 26.8 Å². The van der Waals surface area contributed by atoms with Gasteiger partial charge >= 0.3 is 0 Å². The number of hydrogen-bond acceptors (Lipinski definition) is 6. The molecular weight excluding hydrogens is 316 g/mol. The summed E-state index contributed by atoms with van der Waals surface area (Å²) in [6, 6.07) is 6.34. The van der Waals surface area contributed by atoms with E-state index < -0.39 is 0 Å². The summed E-state index contributed by atoms with van der Waals surface area (Å²) in [5.41, 5.74) is 8.24. The van der Waals surface area contributed by atoms with Crippen molar-refractivity contribution in [3.8, 4) is 5.75 Å². The summed E-state index contributed by atoms with van der Waals surface area (Å²) in [7, 11) is 5.87. The van der Waals surface area contributed by atoms with E-state index in [-0.39, 0.29) is 12.0 Å². The van der Waals surface area contributed by atoms with E-state index in [2.05, 4.69) is 61.0 Å². The molecule has 0 bridgehead atoms. The third kappa shape index (κ3) is 5.29. The average Bonchev–Trinajstić information content (AvgIpc) is 2.52. The number of hydrogen-bond donors (Lipinski definition) is 2. The van der Waals surface area contributed by atoms with E-state index in [0.717, 1.165) is 12.3 Å². The maximum atomic E-state index is 5.90. The highest BCUT2D eigenvalue weighted by molar-refractivity contribution is 5.33. The Balaban J connectivity index is 1.97. The molecule has 1 heterocycles. The van der Waals surface area contributed by atoms with Crippen molar-refractivity contribution < 1.29 is 9.64 Å². The Morgan fingerprint density at radius 1 is 1.12 bits per heavy atom. The zero-order valence-electron chi connectivity index (χ0n) is 16.0. The summed E-state index contributed by atoms with van der Waals surface area (Å²) >= 11 is 0. The molecule has 136 valence electrons. The van der Waals surface area contributed by atoms with E-state index in [4.69, 9.17) is 10.5 Å². The topological polar surface area (TPSA) is 81.6 Å². The van der Waals surface area contributed by atoms with Crippen molar-refractivity contribution in [2.75, 3.05) is 44.9 Å². The van der Waals surface area contributed by atoms with Gasteiger partial charge in [0.1, 0.15) is 24.9 Å². The quantitative estimate of drug-likeness (QED) is 0.772. The standard InChI is InChI=1S/C18H28N6O/c1-12-9-13(2)11-15(10-12)25-8-7-24(6)14(3)16-20-17(19)22-18(21-16)23(4)5/h9-11,14H,7-8H2,1-6H3,(H2,19,20,21,22)/p+1/t14-/m1/s1. The van der Waals surface area contributed by atoms with Crippen molar-refractivity contribution in [1.29, 1.82) is 0 Å². The number of nitrogens with two attached hydrogens (primary N) is 1. The highest BCUT2D eigenvalue weighted by atomic mass is 16.5. The minimum absolute atomic E-state index is 0.0897. The zero-order chi connectivity index (χ0) is 18.6. The van der Waals surface area contributed by atoms with Gasteiger partial charge in [-0.1, -0.05) is 6.07 Å². The van der Waals surface area contributed by atoms with Crippen LogP contribution in [0.4, 0.5) is 11.9 Å². The van der Waals surface area contributed by atoms with Gasteiger partial charge in [0.15, 0.2) is 5.82 Å². The number of quaternary nitrogens is 1. The van der Waals surface area contributed by atoms with E-state index in [1.165, 1.54) is 16.0 Å². The number of rotatable bonds is 7. The van der Waals surface area contributed by atoms with Gasteiger partial charge in [-0.05, 0) is 44.0 Å². The second-order valence-electron chi connectivity index (χ2n) is 6.74. The van der Waals surface area contributed by atoms with E-state index in [0.29, 0.717) is 18.4 Å². The van der Waals surface area contributed by atoms with Crippen molar-refractivity contribution >= 4 is 11.9 Å². The number of benzene rings is 1. The van der Waals surface area contributed by atoms with Gasteiger partial charge in [0.2, 0.25) is 11.9 Å². The minimum atomic E-state index is 0.0897. The first-order valence-electron chi connectivity index (χ1n) is 8.48. The van der Waals surface area contributed by atoms with Crippen LogP contribution < -0.4 is 20.3 Å². The first-order valence-corrected chi connectivity index (χ1v) is 8.48.